The van der Waals surface area contributed by atoms with Crippen LogP contribution in [0.1, 0.15) is 31.1 Å². The molecular formula is C18H18O3. The minimum absolute atomic E-state index is 0.168. The molecule has 1 saturated heterocycles. The van der Waals surface area contributed by atoms with Crippen molar-refractivity contribution in [1.82, 2.24) is 0 Å². The quantitative estimate of drug-likeness (QED) is 0.635. The van der Waals surface area contributed by atoms with Crippen LogP contribution in [-0.4, -0.2) is 12.1 Å². The van der Waals surface area contributed by atoms with Gasteiger partial charge in [-0.15, -0.1) is 0 Å². The SMILES string of the molecule is CC(C)OC(=O)C1(c2ccccc2)OC1c1ccccc1. The van der Waals surface area contributed by atoms with Crippen LogP contribution in [0.4, 0.5) is 0 Å². The molecule has 3 rings (SSSR count). The molecule has 0 bridgehead atoms. The maximum atomic E-state index is 12.6. The van der Waals surface area contributed by atoms with Crippen molar-refractivity contribution >= 4 is 5.97 Å². The molecule has 0 aliphatic carbocycles. The normalized spacial score (nSPS) is 23.9. The van der Waals surface area contributed by atoms with Crippen LogP contribution in [0.2, 0.25) is 0 Å². The fourth-order valence-electron chi connectivity index (χ4n) is 2.56. The number of esters is 1. The molecule has 0 aromatic heterocycles. The number of benzene rings is 2. The highest BCUT2D eigenvalue weighted by atomic mass is 16.7. The highest BCUT2D eigenvalue weighted by Gasteiger charge is 2.65. The first-order chi connectivity index (χ1) is 10.1. The van der Waals surface area contributed by atoms with Crippen molar-refractivity contribution in [3.63, 3.8) is 0 Å². The predicted octanol–water partition coefficient (Wildman–Crippen LogP) is 3.61. The van der Waals surface area contributed by atoms with Gasteiger partial charge in [0.1, 0.15) is 6.10 Å². The van der Waals surface area contributed by atoms with E-state index in [-0.39, 0.29) is 18.2 Å². The molecule has 3 heteroatoms. The zero-order valence-electron chi connectivity index (χ0n) is 12.2. The minimum Gasteiger partial charge on any atom is -0.460 e. The number of carbonyl (C=O) groups is 1. The van der Waals surface area contributed by atoms with E-state index in [9.17, 15) is 4.79 Å². The highest BCUT2D eigenvalue weighted by molar-refractivity contribution is 5.85. The molecule has 0 amide bonds. The van der Waals surface area contributed by atoms with Gasteiger partial charge in [0, 0.05) is 0 Å². The van der Waals surface area contributed by atoms with E-state index in [1.54, 1.807) is 0 Å². The van der Waals surface area contributed by atoms with Gasteiger partial charge in [-0.2, -0.15) is 0 Å². The van der Waals surface area contributed by atoms with Crippen molar-refractivity contribution in [2.45, 2.75) is 31.7 Å². The van der Waals surface area contributed by atoms with Crippen molar-refractivity contribution < 1.29 is 14.3 Å². The molecule has 108 valence electrons. The summed E-state index contributed by atoms with van der Waals surface area (Å²) in [5.74, 6) is -0.322. The van der Waals surface area contributed by atoms with Crippen molar-refractivity contribution in [1.29, 1.82) is 0 Å². The lowest BCUT2D eigenvalue weighted by Gasteiger charge is -2.15. The molecule has 1 heterocycles. The van der Waals surface area contributed by atoms with Crippen LogP contribution in [-0.2, 0) is 19.9 Å². The van der Waals surface area contributed by atoms with E-state index in [0.29, 0.717) is 0 Å². The third kappa shape index (κ3) is 2.45. The Labute approximate surface area is 124 Å². The van der Waals surface area contributed by atoms with Gasteiger partial charge in [0.05, 0.1) is 6.10 Å². The number of epoxide rings is 1. The summed E-state index contributed by atoms with van der Waals surface area (Å²) in [5.41, 5.74) is 0.818. The molecule has 1 aliphatic rings. The molecule has 21 heavy (non-hydrogen) atoms. The molecule has 0 spiro atoms. The summed E-state index contributed by atoms with van der Waals surface area (Å²) in [5, 5.41) is 0. The Morgan fingerprint density at radius 2 is 1.62 bits per heavy atom. The summed E-state index contributed by atoms with van der Waals surface area (Å²) in [4.78, 5) is 12.6. The van der Waals surface area contributed by atoms with Gasteiger partial charge in [-0.1, -0.05) is 60.7 Å². The van der Waals surface area contributed by atoms with Gasteiger partial charge in [-0.25, -0.2) is 4.79 Å². The van der Waals surface area contributed by atoms with Crippen molar-refractivity contribution in [3.05, 3.63) is 71.8 Å². The largest absolute Gasteiger partial charge is 0.460 e. The van der Waals surface area contributed by atoms with Gasteiger partial charge >= 0.3 is 5.97 Å². The Morgan fingerprint density at radius 3 is 2.19 bits per heavy atom. The summed E-state index contributed by atoms with van der Waals surface area (Å²) in [6.45, 7) is 3.69. The number of hydrogen-bond acceptors (Lipinski definition) is 3. The van der Waals surface area contributed by atoms with Crippen LogP contribution in [0.3, 0.4) is 0 Å². The van der Waals surface area contributed by atoms with Crippen LogP contribution < -0.4 is 0 Å². The summed E-state index contributed by atoms with van der Waals surface area (Å²) in [7, 11) is 0. The first-order valence-electron chi connectivity index (χ1n) is 7.14. The van der Waals surface area contributed by atoms with Gasteiger partial charge in [0.15, 0.2) is 0 Å². The molecule has 2 aromatic carbocycles. The second-order valence-corrected chi connectivity index (χ2v) is 5.46. The molecule has 2 aromatic rings. The summed E-state index contributed by atoms with van der Waals surface area (Å²) in [6.07, 6.45) is -0.453. The van der Waals surface area contributed by atoms with Crippen molar-refractivity contribution in [2.75, 3.05) is 0 Å². The van der Waals surface area contributed by atoms with E-state index in [4.69, 9.17) is 9.47 Å². The van der Waals surface area contributed by atoms with Crippen LogP contribution in [0.5, 0.6) is 0 Å². The topological polar surface area (TPSA) is 38.8 Å². The fraction of sp³-hybridized carbons (Fsp3) is 0.278. The number of ether oxygens (including phenoxy) is 2. The van der Waals surface area contributed by atoms with Crippen LogP contribution in [0.15, 0.2) is 60.7 Å². The summed E-state index contributed by atoms with van der Waals surface area (Å²) < 4.78 is 11.3. The van der Waals surface area contributed by atoms with Crippen molar-refractivity contribution in [2.24, 2.45) is 0 Å². The average Bonchev–Trinajstić information content (AvgIpc) is 3.25. The number of rotatable bonds is 4. The number of carbonyl (C=O) groups excluding carboxylic acids is 1. The lowest BCUT2D eigenvalue weighted by Crippen LogP contribution is -2.28. The smallest absolute Gasteiger partial charge is 0.346 e. The molecule has 1 aliphatic heterocycles. The second kappa shape index (κ2) is 5.34. The van der Waals surface area contributed by atoms with E-state index < -0.39 is 5.60 Å². The first kappa shape index (κ1) is 13.8. The molecule has 0 radical (unpaired) electrons. The monoisotopic (exact) mass is 282 g/mol. The Bertz CT molecular complexity index is 621. The predicted molar refractivity (Wildman–Crippen MR) is 79.6 cm³/mol. The Kier molecular flexibility index (Phi) is 3.52. The number of hydrogen-bond donors (Lipinski definition) is 0. The summed E-state index contributed by atoms with van der Waals surface area (Å²) >= 11 is 0. The molecule has 2 atom stereocenters. The van der Waals surface area contributed by atoms with E-state index in [0.717, 1.165) is 11.1 Å². The van der Waals surface area contributed by atoms with E-state index in [1.807, 2.05) is 74.5 Å². The Hall–Kier alpha value is -2.13. The lowest BCUT2D eigenvalue weighted by atomic mass is 9.92. The Balaban J connectivity index is 1.97. The van der Waals surface area contributed by atoms with Gasteiger partial charge in [0.25, 0.3) is 0 Å². The second-order valence-electron chi connectivity index (χ2n) is 5.46. The molecule has 1 fully saturated rings. The highest BCUT2D eigenvalue weighted by Crippen LogP contribution is 2.57. The van der Waals surface area contributed by atoms with Crippen molar-refractivity contribution in [3.8, 4) is 0 Å². The van der Waals surface area contributed by atoms with E-state index in [1.165, 1.54) is 0 Å². The lowest BCUT2D eigenvalue weighted by molar-refractivity contribution is -0.154. The Morgan fingerprint density at radius 1 is 1.05 bits per heavy atom. The van der Waals surface area contributed by atoms with E-state index in [2.05, 4.69) is 0 Å². The third-order valence-corrected chi connectivity index (χ3v) is 3.57. The molecule has 0 saturated carbocycles. The van der Waals surface area contributed by atoms with Gasteiger partial charge in [-0.05, 0) is 25.0 Å². The van der Waals surface area contributed by atoms with Crippen LogP contribution >= 0.6 is 0 Å². The third-order valence-electron chi connectivity index (χ3n) is 3.57. The summed E-state index contributed by atoms with van der Waals surface area (Å²) in [6, 6.07) is 19.3. The maximum absolute atomic E-state index is 12.6. The standard InChI is InChI=1S/C18H18O3/c1-13(2)20-17(19)18(15-11-7-4-8-12-15)16(21-18)14-9-5-3-6-10-14/h3-13,16H,1-2H3. The molecule has 0 N–H and O–H groups in total. The van der Waals surface area contributed by atoms with Gasteiger partial charge in [0.2, 0.25) is 5.60 Å². The molecule has 3 nitrogen and oxygen atoms in total. The van der Waals surface area contributed by atoms with E-state index >= 15 is 0 Å². The van der Waals surface area contributed by atoms with Gasteiger partial charge in [-0.3, -0.25) is 0 Å². The zero-order valence-corrected chi connectivity index (χ0v) is 12.2. The van der Waals surface area contributed by atoms with Crippen LogP contribution in [0, 0.1) is 0 Å². The van der Waals surface area contributed by atoms with Gasteiger partial charge < -0.3 is 9.47 Å². The van der Waals surface area contributed by atoms with Crippen LogP contribution in [0.25, 0.3) is 0 Å². The maximum Gasteiger partial charge on any atom is 0.346 e. The fourth-order valence-corrected chi connectivity index (χ4v) is 2.56. The average molecular weight is 282 g/mol. The molecule has 2 unspecified atom stereocenters. The zero-order chi connectivity index (χ0) is 14.9. The first-order valence-corrected chi connectivity index (χ1v) is 7.14. The molecular weight excluding hydrogens is 264 g/mol. The minimum atomic E-state index is -1.01.